The van der Waals surface area contributed by atoms with E-state index in [1.165, 1.54) is 0 Å². The van der Waals surface area contributed by atoms with Crippen LogP contribution in [0.4, 0.5) is 4.79 Å². The Morgan fingerprint density at radius 1 is 1.08 bits per heavy atom. The molecule has 3 aromatic rings. The number of piperazine rings is 1. The Morgan fingerprint density at radius 3 is 2.66 bits per heavy atom. The van der Waals surface area contributed by atoms with Gasteiger partial charge in [0.2, 0.25) is 0 Å². The minimum Gasteiger partial charge on any atom is -0.497 e. The number of carbonyl (C=O) groups excluding carboxylic acids is 3. The van der Waals surface area contributed by atoms with Crippen LogP contribution in [0.15, 0.2) is 46.9 Å². The first kappa shape index (κ1) is 24.3. The number of amides is 4. The predicted molar refractivity (Wildman–Crippen MR) is 137 cm³/mol. The Balaban J connectivity index is 1.30. The minimum absolute atomic E-state index is 0.0215. The van der Waals surface area contributed by atoms with E-state index in [0.29, 0.717) is 47.9 Å². The molecule has 2 saturated heterocycles. The van der Waals surface area contributed by atoms with Crippen molar-refractivity contribution in [3.05, 3.63) is 64.9 Å². The number of ether oxygens (including phenoxy) is 1. The van der Waals surface area contributed by atoms with E-state index in [1.54, 1.807) is 30.2 Å². The van der Waals surface area contributed by atoms with E-state index in [4.69, 9.17) is 14.0 Å². The number of hydrogen-bond acceptors (Lipinski definition) is 7. The van der Waals surface area contributed by atoms with Gasteiger partial charge in [-0.25, -0.2) is 10.3 Å². The van der Waals surface area contributed by atoms with E-state index in [9.17, 15) is 14.4 Å². The van der Waals surface area contributed by atoms with Gasteiger partial charge in [-0.3, -0.25) is 14.4 Å². The van der Waals surface area contributed by atoms with E-state index < -0.39 is 11.6 Å². The first-order chi connectivity index (χ1) is 18.3. The predicted octanol–water partition coefficient (Wildman–Crippen LogP) is 1.92. The van der Waals surface area contributed by atoms with Crippen molar-refractivity contribution in [3.8, 4) is 5.75 Å². The molecule has 2 aromatic carbocycles. The van der Waals surface area contributed by atoms with Crippen molar-refractivity contribution < 1.29 is 28.4 Å². The molecule has 0 unspecified atom stereocenters. The minimum atomic E-state index is -1.13. The number of carbonyl (C=O) groups is 3. The molecular formula is C27H29N5O6. The second-order valence-electron chi connectivity index (χ2n) is 10.1. The summed E-state index contributed by atoms with van der Waals surface area (Å²) < 4.78 is 11.5. The van der Waals surface area contributed by atoms with Crippen LogP contribution in [0.5, 0.6) is 5.75 Å². The van der Waals surface area contributed by atoms with Crippen LogP contribution >= 0.6 is 0 Å². The van der Waals surface area contributed by atoms with Gasteiger partial charge in [-0.15, -0.1) is 0 Å². The van der Waals surface area contributed by atoms with Crippen LogP contribution in [-0.4, -0.2) is 86.0 Å². The number of nitrogens with zero attached hydrogens (tertiary/aromatic N) is 3. The molecule has 4 heterocycles. The molecule has 11 heteroatoms. The topological polar surface area (TPSA) is 117 Å². The zero-order valence-electron chi connectivity index (χ0n) is 21.3. The van der Waals surface area contributed by atoms with Gasteiger partial charge in [0, 0.05) is 49.2 Å². The highest BCUT2D eigenvalue weighted by atomic mass is 16.7. The summed E-state index contributed by atoms with van der Waals surface area (Å²) in [6, 6.07) is 12.0. The van der Waals surface area contributed by atoms with Gasteiger partial charge in [-0.2, -0.15) is 0 Å². The van der Waals surface area contributed by atoms with Crippen molar-refractivity contribution in [3.63, 3.8) is 0 Å². The Morgan fingerprint density at radius 2 is 1.89 bits per heavy atom. The summed E-state index contributed by atoms with van der Waals surface area (Å²) in [5.74, 6) is 0.855. The smallest absolute Gasteiger partial charge is 0.339 e. The number of benzene rings is 2. The number of hydrogen-bond donors (Lipinski definition) is 2. The maximum atomic E-state index is 13.3. The summed E-state index contributed by atoms with van der Waals surface area (Å²) in [5.41, 5.74) is 3.77. The molecule has 198 valence electrons. The van der Waals surface area contributed by atoms with Crippen LogP contribution in [0.25, 0.3) is 11.0 Å². The van der Waals surface area contributed by atoms with E-state index in [-0.39, 0.29) is 25.0 Å². The highest BCUT2D eigenvalue weighted by Crippen LogP contribution is 2.34. The lowest BCUT2D eigenvalue weighted by Gasteiger charge is -2.38. The highest BCUT2D eigenvalue weighted by Gasteiger charge is 2.45. The normalized spacial score (nSPS) is 21.8. The van der Waals surface area contributed by atoms with Crippen LogP contribution in [0.3, 0.4) is 0 Å². The van der Waals surface area contributed by atoms with Crippen LogP contribution in [0.2, 0.25) is 0 Å². The average molecular weight is 520 g/mol. The summed E-state index contributed by atoms with van der Waals surface area (Å²) in [6.45, 7) is 3.59. The van der Waals surface area contributed by atoms with Gasteiger partial charge >= 0.3 is 6.03 Å². The third-order valence-electron chi connectivity index (χ3n) is 7.52. The number of likely N-dealkylation sites (N-methyl/N-ethyl adjacent to an activating group) is 1. The van der Waals surface area contributed by atoms with Crippen molar-refractivity contribution >= 4 is 28.8 Å². The van der Waals surface area contributed by atoms with Gasteiger partial charge in [-0.1, -0.05) is 6.07 Å². The van der Waals surface area contributed by atoms with E-state index >= 15 is 0 Å². The lowest BCUT2D eigenvalue weighted by Crippen LogP contribution is -2.62. The fraction of sp³-hybridized carbons (Fsp3) is 0.370. The fourth-order valence-electron chi connectivity index (χ4n) is 5.32. The summed E-state index contributed by atoms with van der Waals surface area (Å²) in [7, 11) is 3.60. The Labute approximate surface area is 219 Å². The first-order valence-electron chi connectivity index (χ1n) is 12.5. The molecule has 0 bridgehead atoms. The molecule has 11 nitrogen and oxygen atoms in total. The molecule has 0 aliphatic carbocycles. The standard InChI is InChI=1S/C27H29N5O6/c1-30-7-9-31(10-8-30)24(33)17-4-6-22-19(11-17)12-23(38-22)27(16-37-29-26(35)28-27)15-32-14-18-3-5-20(36-2)13-21(18)25(32)34/h3-6,11-13H,7-10,14-16H2,1-2H3,(H2,28,29,35)/t27-/m1/s1. The lowest BCUT2D eigenvalue weighted by atomic mass is 9.95. The van der Waals surface area contributed by atoms with Crippen LogP contribution in [0.1, 0.15) is 32.0 Å². The van der Waals surface area contributed by atoms with Crippen molar-refractivity contribution in [2.75, 3.05) is 53.5 Å². The Kier molecular flexibility index (Phi) is 5.96. The van der Waals surface area contributed by atoms with Crippen LogP contribution < -0.4 is 15.5 Å². The Bertz CT molecular complexity index is 1430. The monoisotopic (exact) mass is 519 g/mol. The molecule has 1 atom stereocenters. The number of urea groups is 1. The second kappa shape index (κ2) is 9.34. The molecule has 3 aliphatic heterocycles. The van der Waals surface area contributed by atoms with E-state index in [2.05, 4.69) is 15.7 Å². The largest absolute Gasteiger partial charge is 0.497 e. The quantitative estimate of drug-likeness (QED) is 0.529. The SMILES string of the molecule is COc1ccc2c(c1)C(=O)N(C[C@]1(c3cc4cc(C(=O)N5CCN(C)CC5)ccc4o3)CONC(=O)N1)C2. The zero-order valence-corrected chi connectivity index (χ0v) is 21.3. The third kappa shape index (κ3) is 4.23. The van der Waals surface area contributed by atoms with E-state index in [0.717, 1.165) is 24.0 Å². The molecule has 4 amide bonds. The first-order valence-corrected chi connectivity index (χ1v) is 12.5. The molecule has 6 rings (SSSR count). The summed E-state index contributed by atoms with van der Waals surface area (Å²) in [5, 5.41) is 3.66. The molecule has 2 N–H and O–H groups in total. The molecule has 38 heavy (non-hydrogen) atoms. The summed E-state index contributed by atoms with van der Waals surface area (Å²) in [6.07, 6.45) is 0. The van der Waals surface area contributed by atoms with Crippen molar-refractivity contribution in [2.45, 2.75) is 12.1 Å². The fourth-order valence-corrected chi connectivity index (χ4v) is 5.32. The molecule has 2 fully saturated rings. The number of hydroxylamine groups is 1. The van der Waals surface area contributed by atoms with Crippen molar-refractivity contribution in [2.24, 2.45) is 0 Å². The molecule has 0 saturated carbocycles. The summed E-state index contributed by atoms with van der Waals surface area (Å²) in [4.78, 5) is 49.9. The average Bonchev–Trinajstić information content (AvgIpc) is 3.49. The lowest BCUT2D eigenvalue weighted by molar-refractivity contribution is -0.0284. The molecule has 1 aromatic heterocycles. The highest BCUT2D eigenvalue weighted by molar-refractivity contribution is 5.99. The van der Waals surface area contributed by atoms with E-state index in [1.807, 2.05) is 36.2 Å². The number of methoxy groups -OCH3 is 1. The van der Waals surface area contributed by atoms with Gasteiger partial charge in [0.05, 0.1) is 13.7 Å². The Hall–Kier alpha value is -4.09. The van der Waals surface area contributed by atoms with Crippen molar-refractivity contribution in [1.82, 2.24) is 25.5 Å². The van der Waals surface area contributed by atoms with Gasteiger partial charge in [0.1, 0.15) is 29.2 Å². The zero-order chi connectivity index (χ0) is 26.4. The van der Waals surface area contributed by atoms with Gasteiger partial charge < -0.3 is 29.2 Å². The number of furan rings is 1. The maximum Gasteiger partial charge on any atom is 0.339 e. The van der Waals surface area contributed by atoms with Crippen LogP contribution in [0, 0.1) is 0 Å². The van der Waals surface area contributed by atoms with Crippen molar-refractivity contribution in [1.29, 1.82) is 0 Å². The number of rotatable bonds is 5. The third-order valence-corrected chi connectivity index (χ3v) is 7.52. The van der Waals surface area contributed by atoms with Gasteiger partial charge in [-0.05, 0) is 49.0 Å². The van der Waals surface area contributed by atoms with Gasteiger partial charge in [0.15, 0.2) is 0 Å². The second-order valence-corrected chi connectivity index (χ2v) is 10.1. The molecule has 0 spiro atoms. The summed E-state index contributed by atoms with van der Waals surface area (Å²) >= 11 is 0. The van der Waals surface area contributed by atoms with Crippen LogP contribution in [-0.2, 0) is 16.9 Å². The number of nitrogens with one attached hydrogen (secondary N) is 2. The molecule has 0 radical (unpaired) electrons. The van der Waals surface area contributed by atoms with Gasteiger partial charge in [0.25, 0.3) is 11.8 Å². The number of fused-ring (bicyclic) bond motifs is 2. The molecular weight excluding hydrogens is 490 g/mol. The molecule has 3 aliphatic rings. The maximum absolute atomic E-state index is 13.3.